The van der Waals surface area contributed by atoms with E-state index in [1.165, 1.54) is 0 Å². The molecule has 2 aromatic heterocycles. The number of hydrogen-bond donors (Lipinski definition) is 2. The fraction of sp³-hybridized carbons (Fsp3) is 0.0909. The third-order valence-electron chi connectivity index (χ3n) is 2.12. The van der Waals surface area contributed by atoms with E-state index in [-0.39, 0.29) is 0 Å². The van der Waals surface area contributed by atoms with Crippen LogP contribution in [0.3, 0.4) is 0 Å². The van der Waals surface area contributed by atoms with E-state index >= 15 is 0 Å². The molecule has 6 heteroatoms. The smallest absolute Gasteiger partial charge is 0.126 e. The van der Waals surface area contributed by atoms with Gasteiger partial charge in [-0.1, -0.05) is 12.2 Å². The molecule has 0 saturated heterocycles. The Morgan fingerprint density at radius 1 is 1.35 bits per heavy atom. The van der Waals surface area contributed by atoms with Crippen LogP contribution in [-0.4, -0.2) is 20.2 Å². The minimum atomic E-state index is 0.356. The summed E-state index contributed by atoms with van der Waals surface area (Å²) >= 11 is 4.90. The van der Waals surface area contributed by atoms with Crippen LogP contribution in [0.1, 0.15) is 11.3 Å². The summed E-state index contributed by atoms with van der Waals surface area (Å²) < 4.78 is 0. The molecule has 5 nitrogen and oxygen atoms in total. The minimum absolute atomic E-state index is 0.356. The maximum Gasteiger partial charge on any atom is 0.126 e. The first-order valence-electron chi connectivity index (χ1n) is 5.02. The SMILES string of the molecule is NC(=S)c1ccnc(NCc2cccnn2)c1. The lowest BCUT2D eigenvalue weighted by Gasteiger charge is -2.05. The number of hydrogen-bond acceptors (Lipinski definition) is 5. The number of thiocarbonyl (C=S) groups is 1. The summed E-state index contributed by atoms with van der Waals surface area (Å²) in [5.41, 5.74) is 7.17. The zero-order chi connectivity index (χ0) is 12.1. The van der Waals surface area contributed by atoms with Gasteiger partial charge in [0.15, 0.2) is 0 Å². The summed E-state index contributed by atoms with van der Waals surface area (Å²) in [5.74, 6) is 0.709. The molecule has 0 aliphatic carbocycles. The van der Waals surface area contributed by atoms with Crippen molar-refractivity contribution in [3.05, 3.63) is 47.9 Å². The summed E-state index contributed by atoms with van der Waals surface area (Å²) in [7, 11) is 0. The van der Waals surface area contributed by atoms with Gasteiger partial charge in [-0.25, -0.2) is 4.98 Å². The molecule has 0 bridgehead atoms. The molecule has 2 heterocycles. The topological polar surface area (TPSA) is 76.7 Å². The Labute approximate surface area is 104 Å². The van der Waals surface area contributed by atoms with Crippen molar-refractivity contribution >= 4 is 23.0 Å². The average molecular weight is 245 g/mol. The Balaban J connectivity index is 2.04. The van der Waals surface area contributed by atoms with Crippen molar-refractivity contribution in [1.82, 2.24) is 15.2 Å². The van der Waals surface area contributed by atoms with Gasteiger partial charge in [0.1, 0.15) is 10.8 Å². The molecule has 17 heavy (non-hydrogen) atoms. The van der Waals surface area contributed by atoms with E-state index in [0.29, 0.717) is 17.4 Å². The van der Waals surface area contributed by atoms with Crippen molar-refractivity contribution < 1.29 is 0 Å². The summed E-state index contributed by atoms with van der Waals surface area (Å²) in [5, 5.41) is 10.9. The second-order valence-corrected chi connectivity index (χ2v) is 3.80. The average Bonchev–Trinajstić information content (AvgIpc) is 2.38. The maximum absolute atomic E-state index is 5.54. The van der Waals surface area contributed by atoms with Crippen LogP contribution in [0.15, 0.2) is 36.7 Å². The van der Waals surface area contributed by atoms with Crippen LogP contribution in [0.4, 0.5) is 5.82 Å². The number of nitrogens with two attached hydrogens (primary N) is 1. The lowest BCUT2D eigenvalue weighted by molar-refractivity contribution is 0.920. The van der Waals surface area contributed by atoms with Gasteiger partial charge in [0.2, 0.25) is 0 Å². The Bertz CT molecular complexity index is 514. The molecule has 3 N–H and O–H groups in total. The zero-order valence-electron chi connectivity index (χ0n) is 9.00. The van der Waals surface area contributed by atoms with Crippen LogP contribution in [-0.2, 0) is 6.54 Å². The van der Waals surface area contributed by atoms with Gasteiger partial charge < -0.3 is 11.1 Å². The van der Waals surface area contributed by atoms with E-state index in [4.69, 9.17) is 18.0 Å². The maximum atomic E-state index is 5.54. The number of anilines is 1. The second kappa shape index (κ2) is 5.31. The predicted molar refractivity (Wildman–Crippen MR) is 69.5 cm³/mol. The van der Waals surface area contributed by atoms with Crippen LogP contribution >= 0.6 is 12.2 Å². The van der Waals surface area contributed by atoms with Gasteiger partial charge in [-0.05, 0) is 24.3 Å². The number of nitrogens with zero attached hydrogens (tertiary/aromatic N) is 3. The molecule has 0 amide bonds. The van der Waals surface area contributed by atoms with Crippen molar-refractivity contribution in [3.63, 3.8) is 0 Å². The molecule has 0 aliphatic rings. The third-order valence-corrected chi connectivity index (χ3v) is 2.36. The fourth-order valence-electron chi connectivity index (χ4n) is 1.29. The summed E-state index contributed by atoms with van der Waals surface area (Å²) in [4.78, 5) is 4.52. The normalized spacial score (nSPS) is 9.88. The largest absolute Gasteiger partial charge is 0.389 e. The van der Waals surface area contributed by atoms with Crippen LogP contribution in [0, 0.1) is 0 Å². The van der Waals surface area contributed by atoms with Crippen LogP contribution in [0.2, 0.25) is 0 Å². The van der Waals surface area contributed by atoms with Crippen molar-refractivity contribution in [2.75, 3.05) is 5.32 Å². The van der Waals surface area contributed by atoms with Gasteiger partial charge >= 0.3 is 0 Å². The Kier molecular flexibility index (Phi) is 3.56. The lowest BCUT2D eigenvalue weighted by Crippen LogP contribution is -2.10. The number of nitrogens with one attached hydrogen (secondary N) is 1. The molecular weight excluding hydrogens is 234 g/mol. The zero-order valence-corrected chi connectivity index (χ0v) is 9.81. The van der Waals surface area contributed by atoms with Gasteiger partial charge in [-0.3, -0.25) is 0 Å². The van der Waals surface area contributed by atoms with Gasteiger partial charge in [0, 0.05) is 18.0 Å². The molecule has 2 aromatic rings. The highest BCUT2D eigenvalue weighted by molar-refractivity contribution is 7.80. The van der Waals surface area contributed by atoms with E-state index in [2.05, 4.69) is 20.5 Å². The molecule has 0 saturated carbocycles. The molecule has 0 aliphatic heterocycles. The minimum Gasteiger partial charge on any atom is -0.389 e. The molecule has 0 atom stereocenters. The monoisotopic (exact) mass is 245 g/mol. The highest BCUT2D eigenvalue weighted by atomic mass is 32.1. The van der Waals surface area contributed by atoms with Crippen LogP contribution in [0.5, 0.6) is 0 Å². The third kappa shape index (κ3) is 3.18. The molecule has 86 valence electrons. The fourth-order valence-corrected chi connectivity index (χ4v) is 1.42. The second-order valence-electron chi connectivity index (χ2n) is 3.36. The molecule has 0 fully saturated rings. The quantitative estimate of drug-likeness (QED) is 0.786. The first-order valence-corrected chi connectivity index (χ1v) is 5.43. The lowest BCUT2D eigenvalue weighted by atomic mass is 10.2. The van der Waals surface area contributed by atoms with E-state index in [0.717, 1.165) is 11.3 Å². The molecular formula is C11H11N5S. The molecule has 2 rings (SSSR count). The van der Waals surface area contributed by atoms with E-state index in [1.807, 2.05) is 12.1 Å². The standard InChI is InChI=1S/C11H11N5S/c12-11(17)8-3-5-13-10(6-8)14-7-9-2-1-4-15-16-9/h1-6H,7H2,(H2,12,17)(H,13,14). The van der Waals surface area contributed by atoms with Crippen LogP contribution in [0.25, 0.3) is 0 Å². The Morgan fingerprint density at radius 2 is 2.24 bits per heavy atom. The highest BCUT2D eigenvalue weighted by Crippen LogP contribution is 2.07. The molecule has 0 aromatic carbocycles. The number of aromatic nitrogens is 3. The van der Waals surface area contributed by atoms with Crippen molar-refractivity contribution in [2.45, 2.75) is 6.54 Å². The molecule has 0 unspecified atom stereocenters. The first kappa shape index (κ1) is 11.4. The summed E-state index contributed by atoms with van der Waals surface area (Å²) in [6.45, 7) is 0.557. The van der Waals surface area contributed by atoms with Crippen molar-refractivity contribution in [2.24, 2.45) is 5.73 Å². The molecule has 0 spiro atoms. The molecule has 0 radical (unpaired) electrons. The van der Waals surface area contributed by atoms with Gasteiger partial charge in [-0.2, -0.15) is 10.2 Å². The summed E-state index contributed by atoms with van der Waals surface area (Å²) in [6, 6.07) is 7.30. The van der Waals surface area contributed by atoms with Gasteiger partial charge in [0.25, 0.3) is 0 Å². The van der Waals surface area contributed by atoms with E-state index < -0.39 is 0 Å². The van der Waals surface area contributed by atoms with E-state index in [9.17, 15) is 0 Å². The Morgan fingerprint density at radius 3 is 2.94 bits per heavy atom. The van der Waals surface area contributed by atoms with Crippen LogP contribution < -0.4 is 11.1 Å². The highest BCUT2D eigenvalue weighted by Gasteiger charge is 2.00. The van der Waals surface area contributed by atoms with E-state index in [1.54, 1.807) is 24.5 Å². The first-order chi connectivity index (χ1) is 8.25. The number of pyridine rings is 1. The van der Waals surface area contributed by atoms with Gasteiger partial charge in [-0.15, -0.1) is 0 Å². The summed E-state index contributed by atoms with van der Waals surface area (Å²) in [6.07, 6.45) is 3.29. The van der Waals surface area contributed by atoms with Gasteiger partial charge in [0.05, 0.1) is 12.2 Å². The van der Waals surface area contributed by atoms with Crippen molar-refractivity contribution in [1.29, 1.82) is 0 Å². The Hall–Kier alpha value is -2.08. The van der Waals surface area contributed by atoms with Crippen molar-refractivity contribution in [3.8, 4) is 0 Å². The predicted octanol–water partition coefficient (Wildman–Crippen LogP) is 1.12. The number of rotatable bonds is 4.